The highest BCUT2D eigenvalue weighted by Gasteiger charge is 2.25. The molecule has 1 aromatic carbocycles. The number of ether oxygens (including phenoxy) is 2. The molecule has 0 saturated carbocycles. The standard InChI is InChI=1S/C18H23N3O4/c1-13-18(23)21(16-6-4-3-5-15(16)19-13)12-17(22)20-8-10-25-14(11-20)7-9-24-2/h3-6,14H,7-12H2,1-2H3. The van der Waals surface area contributed by atoms with Crippen LogP contribution in [0, 0.1) is 6.92 Å². The van der Waals surface area contributed by atoms with Crippen molar-refractivity contribution in [1.29, 1.82) is 0 Å². The van der Waals surface area contributed by atoms with Crippen LogP contribution in [0.1, 0.15) is 12.1 Å². The van der Waals surface area contributed by atoms with E-state index in [-0.39, 0.29) is 24.1 Å². The summed E-state index contributed by atoms with van der Waals surface area (Å²) in [5.41, 5.74) is 1.56. The Morgan fingerprint density at radius 1 is 1.40 bits per heavy atom. The molecule has 0 radical (unpaired) electrons. The Hall–Kier alpha value is -2.25. The van der Waals surface area contributed by atoms with Crippen molar-refractivity contribution in [2.24, 2.45) is 0 Å². The molecule has 1 fully saturated rings. The number of carbonyl (C=O) groups excluding carboxylic acids is 1. The van der Waals surface area contributed by atoms with Gasteiger partial charge in [0.2, 0.25) is 5.91 Å². The minimum atomic E-state index is -0.226. The van der Waals surface area contributed by atoms with E-state index in [4.69, 9.17) is 9.47 Å². The van der Waals surface area contributed by atoms with Gasteiger partial charge in [0.1, 0.15) is 12.2 Å². The van der Waals surface area contributed by atoms with Crippen molar-refractivity contribution in [1.82, 2.24) is 14.5 Å². The number of amides is 1. The molecule has 25 heavy (non-hydrogen) atoms. The predicted molar refractivity (Wildman–Crippen MR) is 93.6 cm³/mol. The Kier molecular flexibility index (Phi) is 5.45. The molecule has 1 unspecified atom stereocenters. The molecule has 1 amide bonds. The lowest BCUT2D eigenvalue weighted by Gasteiger charge is -2.33. The number of hydrogen-bond acceptors (Lipinski definition) is 5. The summed E-state index contributed by atoms with van der Waals surface area (Å²) in [6.45, 7) is 3.86. The molecule has 2 heterocycles. The molecular weight excluding hydrogens is 322 g/mol. The number of morpholine rings is 1. The quantitative estimate of drug-likeness (QED) is 0.807. The van der Waals surface area contributed by atoms with Gasteiger partial charge in [-0.25, -0.2) is 4.98 Å². The van der Waals surface area contributed by atoms with E-state index in [0.717, 1.165) is 6.42 Å². The van der Waals surface area contributed by atoms with E-state index in [1.165, 1.54) is 4.57 Å². The Morgan fingerprint density at radius 3 is 3.00 bits per heavy atom. The molecule has 7 heteroatoms. The second kappa shape index (κ2) is 7.76. The zero-order valence-electron chi connectivity index (χ0n) is 14.6. The fourth-order valence-electron chi connectivity index (χ4n) is 3.08. The Bertz CT molecular complexity index is 818. The molecule has 2 aromatic rings. The molecule has 0 aliphatic carbocycles. The lowest BCUT2D eigenvalue weighted by atomic mass is 10.2. The van der Waals surface area contributed by atoms with Gasteiger partial charge < -0.3 is 14.4 Å². The first-order valence-corrected chi connectivity index (χ1v) is 8.44. The molecule has 134 valence electrons. The van der Waals surface area contributed by atoms with Gasteiger partial charge in [-0.2, -0.15) is 0 Å². The minimum Gasteiger partial charge on any atom is -0.385 e. The monoisotopic (exact) mass is 345 g/mol. The van der Waals surface area contributed by atoms with Crippen LogP contribution in [-0.2, 0) is 20.8 Å². The third-order valence-corrected chi connectivity index (χ3v) is 4.44. The molecule has 0 spiro atoms. The summed E-state index contributed by atoms with van der Waals surface area (Å²) in [6, 6.07) is 7.37. The van der Waals surface area contributed by atoms with Gasteiger partial charge in [0.05, 0.1) is 23.7 Å². The molecule has 1 aromatic heterocycles. The molecule has 0 bridgehead atoms. The summed E-state index contributed by atoms with van der Waals surface area (Å²) in [6.07, 6.45) is 0.725. The van der Waals surface area contributed by atoms with Gasteiger partial charge in [-0.05, 0) is 25.5 Å². The molecule has 1 atom stereocenters. The number of aromatic nitrogens is 2. The highest BCUT2D eigenvalue weighted by molar-refractivity contribution is 5.80. The minimum absolute atomic E-state index is 0.0136. The van der Waals surface area contributed by atoms with Gasteiger partial charge in [0, 0.05) is 26.8 Å². The first-order chi connectivity index (χ1) is 12.1. The highest BCUT2D eigenvalue weighted by atomic mass is 16.5. The number of hydrogen-bond donors (Lipinski definition) is 0. The maximum Gasteiger partial charge on any atom is 0.272 e. The van der Waals surface area contributed by atoms with Gasteiger partial charge >= 0.3 is 0 Å². The van der Waals surface area contributed by atoms with E-state index in [1.807, 2.05) is 24.3 Å². The van der Waals surface area contributed by atoms with E-state index >= 15 is 0 Å². The number of nitrogens with zero attached hydrogens (tertiary/aromatic N) is 3. The predicted octanol–water partition coefficient (Wildman–Crippen LogP) is 0.969. The van der Waals surface area contributed by atoms with Crippen molar-refractivity contribution in [2.45, 2.75) is 26.0 Å². The van der Waals surface area contributed by atoms with E-state index < -0.39 is 0 Å². The summed E-state index contributed by atoms with van der Waals surface area (Å²) in [4.78, 5) is 31.3. The summed E-state index contributed by atoms with van der Waals surface area (Å²) >= 11 is 0. The van der Waals surface area contributed by atoms with Crippen molar-refractivity contribution < 1.29 is 14.3 Å². The van der Waals surface area contributed by atoms with Crippen molar-refractivity contribution in [3.8, 4) is 0 Å². The Balaban J connectivity index is 1.80. The third kappa shape index (κ3) is 3.88. The summed E-state index contributed by atoms with van der Waals surface area (Å²) in [5, 5.41) is 0. The normalized spacial score (nSPS) is 17.8. The summed E-state index contributed by atoms with van der Waals surface area (Å²) < 4.78 is 12.3. The van der Waals surface area contributed by atoms with Crippen LogP contribution >= 0.6 is 0 Å². The maximum absolute atomic E-state index is 12.8. The van der Waals surface area contributed by atoms with Crippen LogP contribution < -0.4 is 5.56 Å². The van der Waals surface area contributed by atoms with Crippen LogP contribution in [-0.4, -0.2) is 59.9 Å². The average molecular weight is 345 g/mol. The second-order valence-electron chi connectivity index (χ2n) is 6.19. The number of benzene rings is 1. The number of methoxy groups -OCH3 is 1. The summed E-state index contributed by atoms with van der Waals surface area (Å²) in [5.74, 6) is -0.0800. The van der Waals surface area contributed by atoms with Gasteiger partial charge in [0.25, 0.3) is 5.56 Å². The van der Waals surface area contributed by atoms with Crippen LogP contribution in [0.4, 0.5) is 0 Å². The number of fused-ring (bicyclic) bond motifs is 1. The zero-order valence-corrected chi connectivity index (χ0v) is 14.6. The van der Waals surface area contributed by atoms with Crippen LogP contribution in [0.15, 0.2) is 29.1 Å². The fraction of sp³-hybridized carbons (Fsp3) is 0.500. The number of rotatable bonds is 5. The average Bonchev–Trinajstić information content (AvgIpc) is 2.63. The van der Waals surface area contributed by atoms with E-state index in [1.54, 1.807) is 18.9 Å². The van der Waals surface area contributed by atoms with Gasteiger partial charge in [0.15, 0.2) is 0 Å². The maximum atomic E-state index is 12.8. The van der Waals surface area contributed by atoms with Gasteiger partial charge in [-0.3, -0.25) is 14.2 Å². The Labute approximate surface area is 146 Å². The molecular formula is C18H23N3O4. The van der Waals surface area contributed by atoms with Crippen molar-refractivity contribution in [3.63, 3.8) is 0 Å². The van der Waals surface area contributed by atoms with Crippen LogP contribution in [0.25, 0.3) is 11.0 Å². The lowest BCUT2D eigenvalue weighted by Crippen LogP contribution is -2.47. The third-order valence-electron chi connectivity index (χ3n) is 4.44. The smallest absolute Gasteiger partial charge is 0.272 e. The highest BCUT2D eigenvalue weighted by Crippen LogP contribution is 2.12. The van der Waals surface area contributed by atoms with Crippen molar-refractivity contribution in [3.05, 3.63) is 40.3 Å². The number of carbonyl (C=O) groups is 1. The first kappa shape index (κ1) is 17.6. The molecule has 1 aliphatic rings. The van der Waals surface area contributed by atoms with E-state index in [9.17, 15) is 9.59 Å². The van der Waals surface area contributed by atoms with Gasteiger partial charge in [-0.15, -0.1) is 0 Å². The summed E-state index contributed by atoms with van der Waals surface area (Å²) in [7, 11) is 1.65. The van der Waals surface area contributed by atoms with Crippen LogP contribution in [0.5, 0.6) is 0 Å². The lowest BCUT2D eigenvalue weighted by molar-refractivity contribution is -0.140. The van der Waals surface area contributed by atoms with Crippen LogP contribution in [0.3, 0.4) is 0 Å². The number of aryl methyl sites for hydroxylation is 1. The molecule has 7 nitrogen and oxygen atoms in total. The zero-order chi connectivity index (χ0) is 17.8. The molecule has 1 aliphatic heterocycles. The van der Waals surface area contributed by atoms with Crippen molar-refractivity contribution in [2.75, 3.05) is 33.4 Å². The topological polar surface area (TPSA) is 73.7 Å². The van der Waals surface area contributed by atoms with E-state index in [0.29, 0.717) is 43.0 Å². The Morgan fingerprint density at radius 2 is 2.20 bits per heavy atom. The van der Waals surface area contributed by atoms with Crippen molar-refractivity contribution >= 4 is 16.9 Å². The fourth-order valence-corrected chi connectivity index (χ4v) is 3.08. The molecule has 0 N–H and O–H groups in total. The molecule has 1 saturated heterocycles. The van der Waals surface area contributed by atoms with Crippen LogP contribution in [0.2, 0.25) is 0 Å². The largest absolute Gasteiger partial charge is 0.385 e. The van der Waals surface area contributed by atoms with Gasteiger partial charge in [-0.1, -0.05) is 12.1 Å². The number of para-hydroxylation sites is 2. The second-order valence-corrected chi connectivity index (χ2v) is 6.19. The SMILES string of the molecule is COCCC1CN(C(=O)Cn2c(=O)c(C)nc3ccccc32)CCO1. The van der Waals surface area contributed by atoms with E-state index in [2.05, 4.69) is 4.98 Å². The molecule has 3 rings (SSSR count). The first-order valence-electron chi connectivity index (χ1n) is 8.44.